The fourth-order valence-corrected chi connectivity index (χ4v) is 4.91. The Morgan fingerprint density at radius 2 is 1.78 bits per heavy atom. The summed E-state index contributed by atoms with van der Waals surface area (Å²) in [7, 11) is -3.70. The van der Waals surface area contributed by atoms with Crippen molar-refractivity contribution >= 4 is 15.9 Å². The van der Waals surface area contributed by atoms with E-state index in [1.807, 2.05) is 32.0 Å². The number of aryl methyl sites for hydroxylation is 3. The molecular weight excluding hydrogens is 366 g/mol. The lowest BCUT2D eigenvalue weighted by Crippen LogP contribution is -2.31. The third-order valence-electron chi connectivity index (χ3n) is 4.45. The molecule has 27 heavy (non-hydrogen) atoms. The maximum Gasteiger partial charge on any atom is 0.285 e. The molecule has 0 radical (unpaired) electrons. The molecule has 1 aromatic heterocycles. The van der Waals surface area contributed by atoms with Crippen molar-refractivity contribution in [2.24, 2.45) is 0 Å². The highest BCUT2D eigenvalue weighted by molar-refractivity contribution is 7.89. The first-order valence-corrected chi connectivity index (χ1v) is 10.4. The van der Waals surface area contributed by atoms with Crippen molar-refractivity contribution in [3.8, 4) is 5.75 Å². The highest BCUT2D eigenvalue weighted by Gasteiger charge is 2.30. The van der Waals surface area contributed by atoms with Crippen LogP contribution in [-0.2, 0) is 10.0 Å². The number of ether oxygens (including phenoxy) is 1. The predicted octanol–water partition coefficient (Wildman–Crippen LogP) is 2.87. The smallest absolute Gasteiger partial charge is 0.285 e. The van der Waals surface area contributed by atoms with E-state index in [1.165, 1.54) is 4.31 Å². The summed E-state index contributed by atoms with van der Waals surface area (Å²) in [6.07, 6.45) is 0. The molecule has 7 nitrogen and oxygen atoms in total. The third-order valence-corrected chi connectivity index (χ3v) is 6.75. The summed E-state index contributed by atoms with van der Waals surface area (Å²) in [6, 6.07) is 5.69. The highest BCUT2D eigenvalue weighted by atomic mass is 32.2. The molecule has 148 valence electrons. The molecular formula is C19H27N3O4S. The molecule has 2 rings (SSSR count). The van der Waals surface area contributed by atoms with Gasteiger partial charge in [-0.15, -0.1) is 0 Å². The van der Waals surface area contributed by atoms with Gasteiger partial charge in [-0.2, -0.15) is 9.40 Å². The molecule has 0 spiro atoms. The molecule has 0 amide bonds. The van der Waals surface area contributed by atoms with Crippen LogP contribution in [0.3, 0.4) is 0 Å². The quantitative estimate of drug-likeness (QED) is 0.722. The van der Waals surface area contributed by atoms with E-state index < -0.39 is 15.9 Å². The van der Waals surface area contributed by atoms with Crippen LogP contribution in [0.25, 0.3) is 0 Å². The number of carbonyl (C=O) groups excluding carboxylic acids is 1. The number of hydrogen-bond donors (Lipinski definition) is 0. The van der Waals surface area contributed by atoms with Crippen LogP contribution in [-0.4, -0.2) is 48.1 Å². The first kappa shape index (κ1) is 21.1. The highest BCUT2D eigenvalue weighted by Crippen LogP contribution is 2.24. The van der Waals surface area contributed by atoms with Gasteiger partial charge in [0, 0.05) is 13.1 Å². The second-order valence-electron chi connectivity index (χ2n) is 6.45. The van der Waals surface area contributed by atoms with Gasteiger partial charge in [0.05, 0.1) is 11.4 Å². The van der Waals surface area contributed by atoms with E-state index >= 15 is 0 Å². The van der Waals surface area contributed by atoms with Crippen molar-refractivity contribution < 1.29 is 17.9 Å². The number of rotatable bonds is 7. The number of nitrogens with zero attached hydrogens (tertiary/aromatic N) is 3. The first-order valence-electron chi connectivity index (χ1n) is 8.93. The number of aromatic nitrogens is 2. The van der Waals surface area contributed by atoms with Gasteiger partial charge in [0.15, 0.2) is 6.61 Å². The molecule has 0 N–H and O–H groups in total. The third kappa shape index (κ3) is 4.22. The van der Waals surface area contributed by atoms with Gasteiger partial charge >= 0.3 is 0 Å². The molecule has 1 heterocycles. The van der Waals surface area contributed by atoms with Crippen LogP contribution in [0.4, 0.5) is 0 Å². The molecule has 0 aliphatic carbocycles. The van der Waals surface area contributed by atoms with E-state index in [4.69, 9.17) is 4.74 Å². The number of hydrogen-bond acceptors (Lipinski definition) is 5. The summed E-state index contributed by atoms with van der Waals surface area (Å²) in [6.45, 7) is 11.1. The van der Waals surface area contributed by atoms with Gasteiger partial charge in [0.1, 0.15) is 10.6 Å². The van der Waals surface area contributed by atoms with E-state index in [-0.39, 0.29) is 11.5 Å². The van der Waals surface area contributed by atoms with Crippen molar-refractivity contribution in [1.82, 2.24) is 14.1 Å². The van der Waals surface area contributed by atoms with Gasteiger partial charge in [0.2, 0.25) is 10.0 Å². The monoisotopic (exact) mass is 393 g/mol. The molecule has 0 saturated carbocycles. The summed E-state index contributed by atoms with van der Waals surface area (Å²) in [5.41, 5.74) is 2.64. The summed E-state index contributed by atoms with van der Waals surface area (Å²) in [4.78, 5) is 12.7. The zero-order valence-corrected chi connectivity index (χ0v) is 17.6. The Hall–Kier alpha value is -2.19. The Morgan fingerprint density at radius 1 is 1.15 bits per heavy atom. The molecule has 0 saturated heterocycles. The average molecular weight is 394 g/mol. The van der Waals surface area contributed by atoms with Crippen LogP contribution in [0.1, 0.15) is 41.2 Å². The van der Waals surface area contributed by atoms with Crippen LogP contribution >= 0.6 is 0 Å². The van der Waals surface area contributed by atoms with Gasteiger partial charge in [-0.1, -0.05) is 31.5 Å². The van der Waals surface area contributed by atoms with Crippen molar-refractivity contribution in [3.05, 3.63) is 40.7 Å². The van der Waals surface area contributed by atoms with Gasteiger partial charge in [-0.25, -0.2) is 13.1 Å². The SMILES string of the molecule is CCN(CC)S(=O)(=O)c1c(C)nn(C(=O)COc2ccc(C)cc2C)c1C. The van der Waals surface area contributed by atoms with Crippen molar-refractivity contribution in [2.45, 2.75) is 46.4 Å². The summed E-state index contributed by atoms with van der Waals surface area (Å²) >= 11 is 0. The number of benzene rings is 1. The molecule has 2 aromatic rings. The van der Waals surface area contributed by atoms with Gasteiger partial charge in [-0.3, -0.25) is 4.79 Å². The second-order valence-corrected chi connectivity index (χ2v) is 8.33. The zero-order valence-electron chi connectivity index (χ0n) is 16.7. The fraction of sp³-hybridized carbons (Fsp3) is 0.474. The lowest BCUT2D eigenvalue weighted by atomic mass is 10.1. The van der Waals surface area contributed by atoms with Crippen molar-refractivity contribution in [2.75, 3.05) is 19.7 Å². The van der Waals surface area contributed by atoms with E-state index in [0.29, 0.717) is 30.2 Å². The Balaban J connectivity index is 2.28. The van der Waals surface area contributed by atoms with E-state index in [9.17, 15) is 13.2 Å². The lowest BCUT2D eigenvalue weighted by Gasteiger charge is -2.18. The fourth-order valence-electron chi connectivity index (χ4n) is 3.10. The van der Waals surface area contributed by atoms with Gasteiger partial charge in [-0.05, 0) is 39.3 Å². The molecule has 0 bridgehead atoms. The molecule has 0 aliphatic heterocycles. The lowest BCUT2D eigenvalue weighted by molar-refractivity contribution is 0.0817. The molecule has 0 unspecified atom stereocenters. The summed E-state index contributed by atoms with van der Waals surface area (Å²) in [5.74, 6) is 0.197. The van der Waals surface area contributed by atoms with E-state index in [1.54, 1.807) is 27.7 Å². The van der Waals surface area contributed by atoms with Crippen molar-refractivity contribution in [3.63, 3.8) is 0 Å². The van der Waals surface area contributed by atoms with Crippen molar-refractivity contribution in [1.29, 1.82) is 0 Å². The van der Waals surface area contributed by atoms with Crippen LogP contribution < -0.4 is 4.74 Å². The minimum atomic E-state index is -3.70. The Morgan fingerprint density at radius 3 is 2.33 bits per heavy atom. The van der Waals surface area contributed by atoms with Crippen LogP contribution in [0.15, 0.2) is 23.1 Å². The maximum absolute atomic E-state index is 12.9. The van der Waals surface area contributed by atoms with Crippen LogP contribution in [0.2, 0.25) is 0 Å². The zero-order chi connectivity index (χ0) is 20.4. The standard InChI is InChI=1S/C19H27N3O4S/c1-7-21(8-2)27(24,25)19-15(5)20-22(16(19)6)18(23)12-26-17-10-9-13(3)11-14(17)4/h9-11H,7-8,12H2,1-6H3. The topological polar surface area (TPSA) is 81.5 Å². The molecule has 1 aromatic carbocycles. The first-order chi connectivity index (χ1) is 12.6. The normalized spacial score (nSPS) is 11.8. The van der Waals surface area contributed by atoms with E-state index in [2.05, 4.69) is 5.10 Å². The number of sulfonamides is 1. The number of carbonyl (C=O) groups is 1. The predicted molar refractivity (Wildman–Crippen MR) is 104 cm³/mol. The van der Waals surface area contributed by atoms with E-state index in [0.717, 1.165) is 15.8 Å². The van der Waals surface area contributed by atoms with Crippen LogP contribution in [0, 0.1) is 27.7 Å². The Kier molecular flexibility index (Phi) is 6.43. The Bertz CT molecular complexity index is 944. The maximum atomic E-state index is 12.9. The minimum Gasteiger partial charge on any atom is -0.483 e. The summed E-state index contributed by atoms with van der Waals surface area (Å²) < 4.78 is 33.8. The van der Waals surface area contributed by atoms with Gasteiger partial charge < -0.3 is 4.74 Å². The molecule has 0 atom stereocenters. The summed E-state index contributed by atoms with van der Waals surface area (Å²) in [5, 5.41) is 4.16. The minimum absolute atomic E-state index is 0.0890. The average Bonchev–Trinajstić information content (AvgIpc) is 2.89. The second kappa shape index (κ2) is 8.22. The molecule has 8 heteroatoms. The molecule has 0 fully saturated rings. The molecule has 0 aliphatic rings. The Labute approximate surface area is 161 Å². The van der Waals surface area contributed by atoms with Crippen LogP contribution in [0.5, 0.6) is 5.75 Å². The van der Waals surface area contributed by atoms with Gasteiger partial charge in [0.25, 0.3) is 5.91 Å². The largest absolute Gasteiger partial charge is 0.483 e.